The molecule has 0 radical (unpaired) electrons. The summed E-state index contributed by atoms with van der Waals surface area (Å²) in [6, 6.07) is 0.384. The molecular weight excluding hydrogens is 266 g/mol. The minimum Gasteiger partial charge on any atom is -0.339 e. The van der Waals surface area contributed by atoms with Gasteiger partial charge < -0.3 is 4.52 Å². The number of piperidine rings is 1. The van der Waals surface area contributed by atoms with E-state index in [4.69, 9.17) is 4.52 Å². The summed E-state index contributed by atoms with van der Waals surface area (Å²) in [5.74, 6) is 2.43. The lowest BCUT2D eigenvalue weighted by Gasteiger charge is -2.37. The molecule has 2 fully saturated rings. The predicted molar refractivity (Wildman–Crippen MR) is 78.8 cm³/mol. The van der Waals surface area contributed by atoms with E-state index in [0.29, 0.717) is 24.3 Å². The van der Waals surface area contributed by atoms with E-state index in [1.807, 2.05) is 0 Å². The van der Waals surface area contributed by atoms with E-state index < -0.39 is 0 Å². The van der Waals surface area contributed by atoms with Gasteiger partial charge in [0.05, 0.1) is 6.54 Å². The molecule has 1 saturated carbocycles. The number of carbonyl (C=O) groups excluding carboxylic acids is 1. The second kappa shape index (κ2) is 6.26. The van der Waals surface area contributed by atoms with Gasteiger partial charge in [0, 0.05) is 24.3 Å². The van der Waals surface area contributed by atoms with Crippen LogP contribution in [0.25, 0.3) is 0 Å². The van der Waals surface area contributed by atoms with Crippen molar-refractivity contribution in [2.75, 3.05) is 6.54 Å². The van der Waals surface area contributed by atoms with Gasteiger partial charge in [0.25, 0.3) is 0 Å². The maximum Gasteiger partial charge on any atom is 0.229 e. The first kappa shape index (κ1) is 14.7. The molecule has 5 heteroatoms. The van der Waals surface area contributed by atoms with Crippen LogP contribution >= 0.6 is 0 Å². The van der Waals surface area contributed by atoms with Crippen LogP contribution in [0.1, 0.15) is 70.0 Å². The van der Waals surface area contributed by atoms with Crippen LogP contribution in [0.5, 0.6) is 0 Å². The Bertz CT molecular complexity index is 497. The van der Waals surface area contributed by atoms with Gasteiger partial charge in [-0.1, -0.05) is 25.4 Å². The highest BCUT2D eigenvalue weighted by molar-refractivity contribution is 5.83. The molecule has 0 amide bonds. The maximum atomic E-state index is 12.1. The molecule has 0 N–H and O–H groups in total. The molecule has 3 rings (SSSR count). The number of nitrogens with zero attached hydrogens (tertiary/aromatic N) is 3. The monoisotopic (exact) mass is 291 g/mol. The Kier molecular flexibility index (Phi) is 4.38. The number of hydrogen-bond donors (Lipinski definition) is 0. The SMILES string of the molecule is CC(C)c1nc(CN2CCCCC2C2CCCC2=O)no1. The van der Waals surface area contributed by atoms with Gasteiger partial charge in [0.2, 0.25) is 5.89 Å². The predicted octanol–water partition coefficient (Wildman–Crippen LogP) is 2.92. The number of likely N-dealkylation sites (tertiary alicyclic amines) is 1. The van der Waals surface area contributed by atoms with Crippen molar-refractivity contribution in [2.24, 2.45) is 5.92 Å². The largest absolute Gasteiger partial charge is 0.339 e. The fraction of sp³-hybridized carbons (Fsp3) is 0.812. The van der Waals surface area contributed by atoms with Gasteiger partial charge in [-0.25, -0.2) is 0 Å². The Balaban J connectivity index is 1.70. The lowest BCUT2D eigenvalue weighted by molar-refractivity contribution is -0.123. The number of carbonyl (C=O) groups is 1. The van der Waals surface area contributed by atoms with Crippen molar-refractivity contribution in [2.45, 2.75) is 70.9 Å². The molecule has 0 spiro atoms. The second-order valence-corrected chi connectivity index (χ2v) is 6.70. The van der Waals surface area contributed by atoms with Gasteiger partial charge in [-0.2, -0.15) is 4.98 Å². The normalized spacial score (nSPS) is 27.7. The molecule has 1 aromatic heterocycles. The first-order valence-electron chi connectivity index (χ1n) is 8.24. The quantitative estimate of drug-likeness (QED) is 0.853. The lowest BCUT2D eigenvalue weighted by atomic mass is 9.88. The highest BCUT2D eigenvalue weighted by Gasteiger charge is 2.37. The van der Waals surface area contributed by atoms with E-state index in [1.165, 1.54) is 12.8 Å². The molecule has 21 heavy (non-hydrogen) atoms. The first-order valence-corrected chi connectivity index (χ1v) is 8.24. The summed E-state index contributed by atoms with van der Waals surface area (Å²) >= 11 is 0. The molecule has 116 valence electrons. The molecule has 2 heterocycles. The van der Waals surface area contributed by atoms with Crippen LogP contribution in [0.2, 0.25) is 0 Å². The minimum atomic E-state index is 0.238. The van der Waals surface area contributed by atoms with Crippen LogP contribution in [-0.2, 0) is 11.3 Å². The number of rotatable bonds is 4. The second-order valence-electron chi connectivity index (χ2n) is 6.70. The van der Waals surface area contributed by atoms with Gasteiger partial charge in [-0.05, 0) is 32.2 Å². The van der Waals surface area contributed by atoms with Gasteiger partial charge in [-0.3, -0.25) is 9.69 Å². The Hall–Kier alpha value is -1.23. The van der Waals surface area contributed by atoms with Crippen LogP contribution in [0.4, 0.5) is 0 Å². The fourth-order valence-corrected chi connectivity index (χ4v) is 3.67. The van der Waals surface area contributed by atoms with Crippen LogP contribution < -0.4 is 0 Å². The first-order chi connectivity index (χ1) is 10.1. The van der Waals surface area contributed by atoms with E-state index in [1.54, 1.807) is 0 Å². The van der Waals surface area contributed by atoms with Gasteiger partial charge in [0.15, 0.2) is 5.82 Å². The fourth-order valence-electron chi connectivity index (χ4n) is 3.67. The van der Waals surface area contributed by atoms with Crippen molar-refractivity contribution in [1.82, 2.24) is 15.0 Å². The average molecular weight is 291 g/mol. The smallest absolute Gasteiger partial charge is 0.229 e. The standard InChI is InChI=1S/C16H25N3O2/c1-11(2)16-17-15(18-21-16)10-19-9-4-3-7-13(19)12-6-5-8-14(12)20/h11-13H,3-10H2,1-2H3. The third kappa shape index (κ3) is 3.18. The summed E-state index contributed by atoms with van der Waals surface area (Å²) in [5, 5.41) is 4.10. The number of hydrogen-bond acceptors (Lipinski definition) is 5. The Morgan fingerprint density at radius 3 is 2.81 bits per heavy atom. The number of ketones is 1. The molecule has 2 unspecified atom stereocenters. The molecule has 5 nitrogen and oxygen atoms in total. The summed E-state index contributed by atoms with van der Waals surface area (Å²) in [4.78, 5) is 19.0. The van der Waals surface area contributed by atoms with Crippen molar-refractivity contribution < 1.29 is 9.32 Å². The highest BCUT2D eigenvalue weighted by atomic mass is 16.5. The van der Waals surface area contributed by atoms with Crippen molar-refractivity contribution >= 4 is 5.78 Å². The molecule has 1 aliphatic carbocycles. The van der Waals surface area contributed by atoms with Crippen molar-refractivity contribution in [3.63, 3.8) is 0 Å². The molecule has 1 aromatic rings. The summed E-state index contributed by atoms with van der Waals surface area (Å²) < 4.78 is 5.29. The molecule has 1 aliphatic heterocycles. The van der Waals surface area contributed by atoms with Crippen LogP contribution in [0.3, 0.4) is 0 Å². The van der Waals surface area contributed by atoms with Crippen molar-refractivity contribution in [3.8, 4) is 0 Å². The summed E-state index contributed by atoms with van der Waals surface area (Å²) in [7, 11) is 0. The summed E-state index contributed by atoms with van der Waals surface area (Å²) in [5.41, 5.74) is 0. The van der Waals surface area contributed by atoms with Crippen LogP contribution in [0, 0.1) is 5.92 Å². The van der Waals surface area contributed by atoms with Crippen molar-refractivity contribution in [3.05, 3.63) is 11.7 Å². The third-order valence-corrected chi connectivity index (χ3v) is 4.80. The van der Waals surface area contributed by atoms with Gasteiger partial charge in [0.1, 0.15) is 5.78 Å². The third-order valence-electron chi connectivity index (χ3n) is 4.80. The van der Waals surface area contributed by atoms with Crippen LogP contribution in [0.15, 0.2) is 4.52 Å². The summed E-state index contributed by atoms with van der Waals surface area (Å²) in [6.07, 6.45) is 6.46. The van der Waals surface area contributed by atoms with Gasteiger partial charge >= 0.3 is 0 Å². The zero-order valence-electron chi connectivity index (χ0n) is 13.0. The Morgan fingerprint density at radius 2 is 2.14 bits per heavy atom. The average Bonchev–Trinajstić information content (AvgIpc) is 3.09. The summed E-state index contributed by atoms with van der Waals surface area (Å²) in [6.45, 7) is 5.86. The zero-order chi connectivity index (χ0) is 14.8. The molecule has 0 aromatic carbocycles. The van der Waals surface area contributed by atoms with E-state index >= 15 is 0 Å². The van der Waals surface area contributed by atoms with E-state index in [0.717, 1.165) is 38.1 Å². The Labute approximate surface area is 126 Å². The lowest BCUT2D eigenvalue weighted by Crippen LogP contribution is -2.45. The number of aromatic nitrogens is 2. The molecule has 2 aliphatic rings. The molecule has 0 bridgehead atoms. The molecule has 1 saturated heterocycles. The molecule has 2 atom stereocenters. The highest BCUT2D eigenvalue weighted by Crippen LogP contribution is 2.33. The zero-order valence-corrected chi connectivity index (χ0v) is 13.0. The van der Waals surface area contributed by atoms with E-state index in [-0.39, 0.29) is 11.8 Å². The van der Waals surface area contributed by atoms with Crippen molar-refractivity contribution in [1.29, 1.82) is 0 Å². The van der Waals surface area contributed by atoms with Crippen LogP contribution in [-0.4, -0.2) is 33.4 Å². The maximum absolute atomic E-state index is 12.1. The van der Waals surface area contributed by atoms with E-state index in [9.17, 15) is 4.79 Å². The minimum absolute atomic E-state index is 0.238. The topological polar surface area (TPSA) is 59.2 Å². The number of Topliss-reactive ketones (excluding diaryl/α,β-unsaturated/α-hetero) is 1. The Morgan fingerprint density at radius 1 is 1.29 bits per heavy atom. The molecular formula is C16H25N3O2. The van der Waals surface area contributed by atoms with E-state index in [2.05, 4.69) is 28.9 Å². The van der Waals surface area contributed by atoms with Gasteiger partial charge in [-0.15, -0.1) is 0 Å².